The topological polar surface area (TPSA) is 56.7 Å². The first kappa shape index (κ1) is 39.2. The fourth-order valence-corrected chi connectivity index (χ4v) is 9.82. The van der Waals surface area contributed by atoms with Gasteiger partial charge in [0.15, 0.2) is 17.5 Å². The van der Waals surface area contributed by atoms with Gasteiger partial charge in [0.1, 0.15) is 11.2 Å². The van der Waals surface area contributed by atoms with Crippen LogP contribution in [0.5, 0.6) is 0 Å². The highest BCUT2D eigenvalue weighted by Gasteiger charge is 2.21. The molecule has 3 heterocycles. The molecule has 10 aromatic carbocycles. The lowest BCUT2D eigenvalue weighted by Crippen LogP contribution is -2.00. The lowest BCUT2D eigenvalue weighted by atomic mass is 9.84. The summed E-state index contributed by atoms with van der Waals surface area (Å²) in [5.41, 5.74) is 16.9. The SMILES string of the molecule is c1ccc(-c2cc(-c3ccc(-c4nc(-c5ccccc5)nc(-c5ccc6c(c5)oc5ccccc56)n4)cc3)c(-c3ccccc3)c(-c3ccc4c(c3)c3ccccc3n4-c3ccccc3)c2)cc1. The average molecular weight is 869 g/mol. The van der Waals surface area contributed by atoms with Crippen molar-refractivity contribution < 1.29 is 4.42 Å². The van der Waals surface area contributed by atoms with E-state index in [1.807, 2.05) is 54.6 Å². The van der Waals surface area contributed by atoms with Gasteiger partial charge >= 0.3 is 0 Å². The molecule has 0 aliphatic heterocycles. The van der Waals surface area contributed by atoms with E-state index in [1.54, 1.807) is 0 Å². The van der Waals surface area contributed by atoms with E-state index >= 15 is 0 Å². The molecular weight excluding hydrogens is 829 g/mol. The Balaban J connectivity index is 0.982. The minimum atomic E-state index is 0.579. The van der Waals surface area contributed by atoms with Crippen LogP contribution in [0.2, 0.25) is 0 Å². The summed E-state index contributed by atoms with van der Waals surface area (Å²) in [4.78, 5) is 15.3. The van der Waals surface area contributed by atoms with E-state index < -0.39 is 0 Å². The molecule has 5 nitrogen and oxygen atoms in total. The number of rotatable bonds is 8. The minimum Gasteiger partial charge on any atom is -0.456 e. The maximum absolute atomic E-state index is 6.30. The highest BCUT2D eigenvalue weighted by Crippen LogP contribution is 2.45. The van der Waals surface area contributed by atoms with Crippen molar-refractivity contribution in [3.63, 3.8) is 0 Å². The Morgan fingerprint density at radius 1 is 0.279 bits per heavy atom. The monoisotopic (exact) mass is 868 g/mol. The number of aromatic nitrogens is 4. The maximum Gasteiger partial charge on any atom is 0.164 e. The van der Waals surface area contributed by atoms with Crippen LogP contribution >= 0.6 is 0 Å². The van der Waals surface area contributed by atoms with Gasteiger partial charge in [0.2, 0.25) is 0 Å². The van der Waals surface area contributed by atoms with Crippen LogP contribution in [0.1, 0.15) is 0 Å². The van der Waals surface area contributed by atoms with Crippen molar-refractivity contribution in [1.29, 1.82) is 0 Å². The highest BCUT2D eigenvalue weighted by atomic mass is 16.3. The van der Waals surface area contributed by atoms with Crippen LogP contribution in [0, 0.1) is 0 Å². The van der Waals surface area contributed by atoms with E-state index in [0.29, 0.717) is 17.5 Å². The van der Waals surface area contributed by atoms with E-state index in [2.05, 4.69) is 193 Å². The Hall–Kier alpha value is -9.19. The average Bonchev–Trinajstić information content (AvgIpc) is 3.96. The van der Waals surface area contributed by atoms with E-state index in [1.165, 1.54) is 27.4 Å². The zero-order chi connectivity index (χ0) is 45.0. The normalized spacial score (nSPS) is 11.5. The zero-order valence-corrected chi connectivity index (χ0v) is 36.8. The van der Waals surface area contributed by atoms with Crippen molar-refractivity contribution in [2.75, 3.05) is 0 Å². The second-order valence-corrected chi connectivity index (χ2v) is 17.2. The van der Waals surface area contributed by atoms with Crippen LogP contribution in [0.15, 0.2) is 247 Å². The van der Waals surface area contributed by atoms with Gasteiger partial charge in [-0.05, 0) is 105 Å². The van der Waals surface area contributed by atoms with Gasteiger partial charge in [0, 0.05) is 43.9 Å². The van der Waals surface area contributed by atoms with Gasteiger partial charge in [0.05, 0.1) is 11.0 Å². The molecule has 68 heavy (non-hydrogen) atoms. The number of nitrogens with zero attached hydrogens (tertiary/aromatic N) is 4. The van der Waals surface area contributed by atoms with Crippen molar-refractivity contribution in [2.45, 2.75) is 0 Å². The first-order valence-corrected chi connectivity index (χ1v) is 22.9. The summed E-state index contributed by atoms with van der Waals surface area (Å²) >= 11 is 0. The number of fused-ring (bicyclic) bond motifs is 6. The molecule has 0 aliphatic rings. The number of furan rings is 1. The molecule has 0 N–H and O–H groups in total. The van der Waals surface area contributed by atoms with E-state index in [9.17, 15) is 0 Å². The molecule has 0 atom stereocenters. The Kier molecular flexibility index (Phi) is 9.43. The number of hydrogen-bond donors (Lipinski definition) is 0. The van der Waals surface area contributed by atoms with Crippen LogP contribution in [-0.4, -0.2) is 19.5 Å². The van der Waals surface area contributed by atoms with Crippen LogP contribution in [0.3, 0.4) is 0 Å². The molecule has 0 unspecified atom stereocenters. The largest absolute Gasteiger partial charge is 0.456 e. The Labute approximate surface area is 392 Å². The third-order valence-electron chi connectivity index (χ3n) is 13.1. The molecule has 0 spiro atoms. The van der Waals surface area contributed by atoms with Gasteiger partial charge in [-0.15, -0.1) is 0 Å². The highest BCUT2D eigenvalue weighted by molar-refractivity contribution is 6.11. The molecule has 13 rings (SSSR count). The Bertz CT molecular complexity index is 3990. The Morgan fingerprint density at radius 3 is 1.47 bits per heavy atom. The molecule has 3 aromatic heterocycles. The molecule has 0 fully saturated rings. The summed E-state index contributed by atoms with van der Waals surface area (Å²) in [7, 11) is 0. The zero-order valence-electron chi connectivity index (χ0n) is 36.8. The standard InChI is InChI=1S/C63H40N4O/c1-5-17-41(18-6-1)48-38-53(60(43-19-7-2-8-20-43)54(39-48)46-34-36-57-55(37-46)50-25-13-15-27-56(50)67(57)49-23-11-4-12-24-49)42-29-31-45(32-30-42)62-64-61(44-21-9-3-10-22-44)65-63(66-62)47-33-35-52-51-26-14-16-28-58(51)68-59(52)40-47/h1-40H. The second-order valence-electron chi connectivity index (χ2n) is 17.2. The van der Waals surface area contributed by atoms with Crippen LogP contribution in [0.25, 0.3) is 128 Å². The van der Waals surface area contributed by atoms with Crippen LogP contribution < -0.4 is 0 Å². The van der Waals surface area contributed by atoms with Gasteiger partial charge in [-0.1, -0.05) is 182 Å². The first-order valence-electron chi connectivity index (χ1n) is 22.9. The van der Waals surface area contributed by atoms with Gasteiger partial charge in [0.25, 0.3) is 0 Å². The minimum absolute atomic E-state index is 0.579. The Morgan fingerprint density at radius 2 is 0.765 bits per heavy atom. The summed E-state index contributed by atoms with van der Waals surface area (Å²) in [5.74, 6) is 1.78. The quantitative estimate of drug-likeness (QED) is 0.153. The summed E-state index contributed by atoms with van der Waals surface area (Å²) in [5, 5.41) is 4.57. The molecule has 0 saturated carbocycles. The first-order chi connectivity index (χ1) is 33.7. The fraction of sp³-hybridized carbons (Fsp3) is 0. The molecular formula is C63H40N4O. The molecule has 0 amide bonds. The summed E-state index contributed by atoms with van der Waals surface area (Å²) in [6.45, 7) is 0. The molecule has 0 aliphatic carbocycles. The third kappa shape index (κ3) is 6.84. The van der Waals surface area contributed by atoms with Crippen molar-refractivity contribution in [1.82, 2.24) is 19.5 Å². The van der Waals surface area contributed by atoms with E-state index in [4.69, 9.17) is 19.4 Å². The molecule has 0 bridgehead atoms. The summed E-state index contributed by atoms with van der Waals surface area (Å²) in [6, 6.07) is 85.6. The van der Waals surface area contributed by atoms with Gasteiger partial charge in [-0.25, -0.2) is 15.0 Å². The van der Waals surface area contributed by atoms with Crippen LogP contribution in [0.4, 0.5) is 0 Å². The third-order valence-corrected chi connectivity index (χ3v) is 13.1. The second kappa shape index (κ2) is 16.4. The smallest absolute Gasteiger partial charge is 0.164 e. The van der Waals surface area contributed by atoms with Crippen molar-refractivity contribution in [2.24, 2.45) is 0 Å². The van der Waals surface area contributed by atoms with Crippen molar-refractivity contribution in [3.05, 3.63) is 243 Å². The molecule has 318 valence electrons. The van der Waals surface area contributed by atoms with Gasteiger partial charge in [-0.3, -0.25) is 0 Å². The fourth-order valence-electron chi connectivity index (χ4n) is 9.82. The molecule has 13 aromatic rings. The van der Waals surface area contributed by atoms with Gasteiger partial charge < -0.3 is 8.98 Å². The van der Waals surface area contributed by atoms with E-state index in [0.717, 1.165) is 83.3 Å². The maximum atomic E-state index is 6.30. The lowest BCUT2D eigenvalue weighted by Gasteiger charge is -2.19. The molecule has 5 heteroatoms. The van der Waals surface area contributed by atoms with Crippen molar-refractivity contribution in [3.8, 4) is 84.4 Å². The van der Waals surface area contributed by atoms with Crippen LogP contribution in [-0.2, 0) is 0 Å². The molecule has 0 radical (unpaired) electrons. The van der Waals surface area contributed by atoms with Gasteiger partial charge in [-0.2, -0.15) is 0 Å². The predicted molar refractivity (Wildman–Crippen MR) is 279 cm³/mol. The lowest BCUT2D eigenvalue weighted by molar-refractivity contribution is 0.669. The number of para-hydroxylation sites is 3. The summed E-state index contributed by atoms with van der Waals surface area (Å²) < 4.78 is 8.67. The summed E-state index contributed by atoms with van der Waals surface area (Å²) in [6.07, 6.45) is 0. The molecule has 0 saturated heterocycles. The number of benzene rings is 10. The van der Waals surface area contributed by atoms with E-state index in [-0.39, 0.29) is 0 Å². The number of hydrogen-bond acceptors (Lipinski definition) is 4. The predicted octanol–water partition coefficient (Wildman–Crippen LogP) is 16.5. The van der Waals surface area contributed by atoms with Crippen molar-refractivity contribution >= 4 is 43.7 Å².